The molecule has 0 saturated heterocycles. The van der Waals surface area contributed by atoms with Crippen LogP contribution < -0.4 is 14.8 Å². The first-order valence-corrected chi connectivity index (χ1v) is 8.08. The van der Waals surface area contributed by atoms with Gasteiger partial charge in [-0.3, -0.25) is 9.00 Å². The van der Waals surface area contributed by atoms with Crippen molar-refractivity contribution in [3.05, 3.63) is 48.0 Å². The lowest BCUT2D eigenvalue weighted by molar-refractivity contribution is 0.102. The third-order valence-electron chi connectivity index (χ3n) is 3.09. The Morgan fingerprint density at radius 1 is 1.00 bits per heavy atom. The highest BCUT2D eigenvalue weighted by atomic mass is 32.2. The number of ether oxygens (including phenoxy) is 2. The highest BCUT2D eigenvalue weighted by molar-refractivity contribution is 7.84. The molecule has 1 unspecified atom stereocenters. The molecular formula is C16H17NO4S. The van der Waals surface area contributed by atoms with Gasteiger partial charge in [0.2, 0.25) is 0 Å². The zero-order valence-corrected chi connectivity index (χ0v) is 13.4. The summed E-state index contributed by atoms with van der Waals surface area (Å²) in [7, 11) is 2.03. The Labute approximate surface area is 131 Å². The molecule has 5 nitrogen and oxygen atoms in total. The molecule has 0 aliphatic heterocycles. The van der Waals surface area contributed by atoms with E-state index >= 15 is 0 Å². The van der Waals surface area contributed by atoms with Crippen LogP contribution in [0.4, 0.5) is 5.69 Å². The van der Waals surface area contributed by atoms with Crippen molar-refractivity contribution in [2.75, 3.05) is 25.8 Å². The van der Waals surface area contributed by atoms with Gasteiger partial charge >= 0.3 is 0 Å². The monoisotopic (exact) mass is 319 g/mol. The quantitative estimate of drug-likeness (QED) is 0.920. The Bertz CT molecular complexity index is 698. The number of carbonyl (C=O) groups excluding carboxylic acids is 1. The van der Waals surface area contributed by atoms with Crippen molar-refractivity contribution in [1.82, 2.24) is 0 Å². The first kappa shape index (κ1) is 16.0. The van der Waals surface area contributed by atoms with Crippen LogP contribution >= 0.6 is 0 Å². The van der Waals surface area contributed by atoms with E-state index in [9.17, 15) is 9.00 Å². The van der Waals surface area contributed by atoms with E-state index in [1.165, 1.54) is 7.11 Å². The molecular weight excluding hydrogens is 302 g/mol. The first-order valence-electron chi connectivity index (χ1n) is 6.52. The largest absolute Gasteiger partial charge is 0.493 e. The fourth-order valence-corrected chi connectivity index (χ4v) is 2.43. The summed E-state index contributed by atoms with van der Waals surface area (Å²) in [5, 5.41) is 2.78. The van der Waals surface area contributed by atoms with Crippen LogP contribution in [0, 0.1) is 0 Å². The number of nitrogens with one attached hydrogen (secondary N) is 1. The van der Waals surface area contributed by atoms with E-state index in [1.807, 2.05) is 0 Å². The maximum Gasteiger partial charge on any atom is 0.255 e. The molecule has 1 atom stereocenters. The standard InChI is InChI=1S/C16H17NO4S/c1-20-14-9-6-12(10-15(14)21-2)17-16(18)11-4-7-13(8-5-11)22(3)19/h4-10H,1-3H3,(H,17,18). The summed E-state index contributed by atoms with van der Waals surface area (Å²) in [6, 6.07) is 11.8. The van der Waals surface area contributed by atoms with Crippen LogP contribution in [0.3, 0.4) is 0 Å². The third kappa shape index (κ3) is 3.65. The minimum absolute atomic E-state index is 0.249. The molecule has 0 fully saturated rings. The molecule has 0 aliphatic carbocycles. The lowest BCUT2D eigenvalue weighted by Crippen LogP contribution is -2.12. The van der Waals surface area contributed by atoms with E-state index in [1.54, 1.807) is 55.8 Å². The molecule has 116 valence electrons. The van der Waals surface area contributed by atoms with Gasteiger partial charge < -0.3 is 14.8 Å². The lowest BCUT2D eigenvalue weighted by Gasteiger charge is -2.10. The predicted molar refractivity (Wildman–Crippen MR) is 86.3 cm³/mol. The molecule has 0 aromatic heterocycles. The molecule has 2 aromatic carbocycles. The number of anilines is 1. The van der Waals surface area contributed by atoms with Crippen molar-refractivity contribution in [3.63, 3.8) is 0 Å². The topological polar surface area (TPSA) is 64.6 Å². The SMILES string of the molecule is COc1ccc(NC(=O)c2ccc(S(C)=O)cc2)cc1OC. The molecule has 22 heavy (non-hydrogen) atoms. The van der Waals surface area contributed by atoms with Crippen LogP contribution in [0.15, 0.2) is 47.4 Å². The van der Waals surface area contributed by atoms with Crippen molar-refractivity contribution in [2.45, 2.75) is 4.90 Å². The van der Waals surface area contributed by atoms with Gasteiger partial charge in [0, 0.05) is 39.3 Å². The maximum atomic E-state index is 12.2. The fraction of sp³-hybridized carbons (Fsp3) is 0.188. The van der Waals surface area contributed by atoms with Crippen molar-refractivity contribution in [1.29, 1.82) is 0 Å². The summed E-state index contributed by atoms with van der Waals surface area (Å²) in [6.07, 6.45) is 1.60. The number of methoxy groups -OCH3 is 2. The van der Waals surface area contributed by atoms with Gasteiger partial charge in [0.15, 0.2) is 11.5 Å². The predicted octanol–water partition coefficient (Wildman–Crippen LogP) is 2.69. The molecule has 6 heteroatoms. The second kappa shape index (κ2) is 7.09. The molecule has 1 amide bonds. The molecule has 2 aromatic rings. The van der Waals surface area contributed by atoms with Crippen LogP contribution in [-0.4, -0.2) is 30.6 Å². The minimum atomic E-state index is -1.06. The van der Waals surface area contributed by atoms with Gasteiger partial charge in [0.1, 0.15) is 0 Å². The van der Waals surface area contributed by atoms with Gasteiger partial charge in [-0.25, -0.2) is 0 Å². The summed E-state index contributed by atoms with van der Waals surface area (Å²) in [6.45, 7) is 0. The fourth-order valence-electron chi connectivity index (χ4n) is 1.92. The van der Waals surface area contributed by atoms with Crippen LogP contribution in [0.1, 0.15) is 10.4 Å². The zero-order chi connectivity index (χ0) is 16.1. The second-order valence-corrected chi connectivity index (χ2v) is 5.88. The number of carbonyl (C=O) groups is 1. The number of hydrogen-bond acceptors (Lipinski definition) is 4. The van der Waals surface area contributed by atoms with E-state index in [2.05, 4.69) is 5.32 Å². The number of benzene rings is 2. The molecule has 0 radical (unpaired) electrons. The molecule has 0 heterocycles. The summed E-state index contributed by atoms with van der Waals surface area (Å²) >= 11 is 0. The molecule has 2 rings (SSSR count). The smallest absolute Gasteiger partial charge is 0.255 e. The van der Waals surface area contributed by atoms with E-state index in [0.717, 1.165) is 0 Å². The number of amides is 1. The highest BCUT2D eigenvalue weighted by Crippen LogP contribution is 2.29. The Morgan fingerprint density at radius 2 is 1.64 bits per heavy atom. The summed E-state index contributed by atoms with van der Waals surface area (Å²) < 4.78 is 21.7. The van der Waals surface area contributed by atoms with Gasteiger partial charge in [-0.15, -0.1) is 0 Å². The average molecular weight is 319 g/mol. The Hall–Kier alpha value is -2.34. The van der Waals surface area contributed by atoms with Crippen LogP contribution in [0.25, 0.3) is 0 Å². The zero-order valence-electron chi connectivity index (χ0n) is 12.6. The summed E-state index contributed by atoms with van der Waals surface area (Å²) in [4.78, 5) is 12.9. The maximum absolute atomic E-state index is 12.2. The van der Waals surface area contributed by atoms with Crippen molar-refractivity contribution < 1.29 is 18.5 Å². The van der Waals surface area contributed by atoms with Crippen molar-refractivity contribution in [2.24, 2.45) is 0 Å². The minimum Gasteiger partial charge on any atom is -0.493 e. The van der Waals surface area contributed by atoms with Gasteiger partial charge in [0.25, 0.3) is 5.91 Å². The molecule has 0 spiro atoms. The van der Waals surface area contributed by atoms with E-state index in [0.29, 0.717) is 27.6 Å². The van der Waals surface area contributed by atoms with Crippen LogP contribution in [0.5, 0.6) is 11.5 Å². The van der Waals surface area contributed by atoms with E-state index in [-0.39, 0.29) is 5.91 Å². The highest BCUT2D eigenvalue weighted by Gasteiger charge is 2.09. The van der Waals surface area contributed by atoms with Crippen LogP contribution in [0.2, 0.25) is 0 Å². The molecule has 0 saturated carbocycles. The number of hydrogen-bond donors (Lipinski definition) is 1. The van der Waals surface area contributed by atoms with E-state index < -0.39 is 10.8 Å². The first-order chi connectivity index (χ1) is 10.5. The Morgan fingerprint density at radius 3 is 2.18 bits per heavy atom. The molecule has 0 bridgehead atoms. The van der Waals surface area contributed by atoms with Crippen molar-refractivity contribution in [3.8, 4) is 11.5 Å². The Kier molecular flexibility index (Phi) is 5.16. The van der Waals surface area contributed by atoms with Crippen LogP contribution in [-0.2, 0) is 10.8 Å². The molecule has 0 aliphatic rings. The van der Waals surface area contributed by atoms with E-state index in [4.69, 9.17) is 9.47 Å². The molecule has 1 N–H and O–H groups in total. The lowest BCUT2D eigenvalue weighted by atomic mass is 10.2. The average Bonchev–Trinajstić information content (AvgIpc) is 2.54. The third-order valence-corrected chi connectivity index (χ3v) is 4.03. The van der Waals surface area contributed by atoms with Crippen molar-refractivity contribution >= 4 is 22.4 Å². The van der Waals surface area contributed by atoms with Gasteiger partial charge in [-0.1, -0.05) is 0 Å². The summed E-state index contributed by atoms with van der Waals surface area (Å²) in [5.41, 5.74) is 1.09. The Balaban J connectivity index is 2.16. The number of rotatable bonds is 5. The normalized spacial score (nSPS) is 11.6. The van der Waals surface area contributed by atoms with Gasteiger partial charge in [-0.05, 0) is 36.4 Å². The van der Waals surface area contributed by atoms with Gasteiger partial charge in [-0.2, -0.15) is 0 Å². The second-order valence-electron chi connectivity index (χ2n) is 4.50. The summed E-state index contributed by atoms with van der Waals surface area (Å²) in [5.74, 6) is 0.882. The van der Waals surface area contributed by atoms with Gasteiger partial charge in [0.05, 0.1) is 14.2 Å².